The van der Waals surface area contributed by atoms with Gasteiger partial charge in [0.2, 0.25) is 5.82 Å². The summed E-state index contributed by atoms with van der Waals surface area (Å²) in [5.41, 5.74) is 0.299. The van der Waals surface area contributed by atoms with Crippen LogP contribution in [0.15, 0.2) is 24.3 Å². The number of carbonyl (C=O) groups is 1. The Bertz CT molecular complexity index is 811. The van der Waals surface area contributed by atoms with Crippen molar-refractivity contribution in [2.24, 2.45) is 0 Å². The summed E-state index contributed by atoms with van der Waals surface area (Å²) in [4.78, 5) is 11.7. The largest absolute Gasteiger partial charge is 0.444 e. The van der Waals surface area contributed by atoms with E-state index in [4.69, 9.17) is 4.74 Å². The number of hydrogen-bond acceptors (Lipinski definition) is 2. The Labute approximate surface area is 165 Å². The van der Waals surface area contributed by atoms with Crippen LogP contribution in [0.5, 0.6) is 0 Å². The Morgan fingerprint density at radius 3 is 1.90 bits per heavy atom. The smallest absolute Gasteiger partial charge is 0.412 e. The fraction of sp³-hybridized carbons (Fsp3) is 0.381. The first kappa shape index (κ1) is 22.6. The van der Waals surface area contributed by atoms with Gasteiger partial charge in [-0.1, -0.05) is 56.9 Å². The van der Waals surface area contributed by atoms with Crippen molar-refractivity contribution >= 4 is 11.8 Å². The topological polar surface area (TPSA) is 38.3 Å². The Kier molecular flexibility index (Phi) is 8.42. The molecule has 2 rings (SSSR count). The van der Waals surface area contributed by atoms with E-state index in [9.17, 15) is 26.7 Å². The fourth-order valence-electron chi connectivity index (χ4n) is 2.74. The summed E-state index contributed by atoms with van der Waals surface area (Å²) in [5, 5.41) is 1.56. The molecule has 2 aromatic rings. The molecular weight excluding hydrogens is 393 g/mol. The lowest BCUT2D eigenvalue weighted by Gasteiger charge is -2.10. The molecule has 0 unspecified atom stereocenters. The Balaban J connectivity index is 1.87. The standard InChI is InChI=1S/C21H22F5NO2/c1-2-3-4-5-6-7-13-8-10-14(11-9-13)12-29-21(28)27-20-18(25)16(23)15(22)17(24)19(20)26/h8-11H,2-7,12H2,1H3,(H,27,28). The van der Waals surface area contributed by atoms with Crippen molar-refractivity contribution in [3.8, 4) is 0 Å². The summed E-state index contributed by atoms with van der Waals surface area (Å²) in [5.74, 6) is -10.9. The minimum atomic E-state index is -2.30. The van der Waals surface area contributed by atoms with Crippen LogP contribution >= 0.6 is 0 Å². The van der Waals surface area contributed by atoms with Gasteiger partial charge in [-0.2, -0.15) is 0 Å². The third kappa shape index (κ3) is 6.17. The number of carbonyl (C=O) groups excluding carboxylic acids is 1. The zero-order chi connectivity index (χ0) is 21.4. The maximum absolute atomic E-state index is 13.5. The summed E-state index contributed by atoms with van der Waals surface area (Å²) in [6.07, 6.45) is 5.46. The zero-order valence-corrected chi connectivity index (χ0v) is 16.0. The van der Waals surface area contributed by atoms with E-state index in [0.29, 0.717) is 5.56 Å². The van der Waals surface area contributed by atoms with E-state index in [1.54, 1.807) is 17.4 Å². The summed E-state index contributed by atoms with van der Waals surface area (Å²) in [6.45, 7) is 1.93. The third-order valence-electron chi connectivity index (χ3n) is 4.40. The number of anilines is 1. The van der Waals surface area contributed by atoms with E-state index < -0.39 is 40.9 Å². The number of halogens is 5. The first-order valence-electron chi connectivity index (χ1n) is 9.38. The van der Waals surface area contributed by atoms with E-state index in [0.717, 1.165) is 24.8 Å². The fourth-order valence-corrected chi connectivity index (χ4v) is 2.74. The van der Waals surface area contributed by atoms with Gasteiger partial charge in [-0.15, -0.1) is 0 Å². The molecule has 0 radical (unpaired) electrons. The van der Waals surface area contributed by atoms with Gasteiger partial charge in [0.25, 0.3) is 0 Å². The van der Waals surface area contributed by atoms with E-state index in [-0.39, 0.29) is 6.61 Å². The van der Waals surface area contributed by atoms with Crippen molar-refractivity contribution in [1.29, 1.82) is 0 Å². The predicted octanol–water partition coefficient (Wildman–Crippen LogP) is 6.64. The Morgan fingerprint density at radius 1 is 0.793 bits per heavy atom. The summed E-state index contributed by atoms with van der Waals surface area (Å²) < 4.78 is 71.2. The number of ether oxygens (including phenoxy) is 1. The number of nitrogens with one attached hydrogen (secondary N) is 1. The quantitative estimate of drug-likeness (QED) is 0.216. The van der Waals surface area contributed by atoms with Crippen molar-refractivity contribution < 1.29 is 31.5 Å². The van der Waals surface area contributed by atoms with Gasteiger partial charge < -0.3 is 4.74 Å². The van der Waals surface area contributed by atoms with Gasteiger partial charge in [-0.25, -0.2) is 26.7 Å². The van der Waals surface area contributed by atoms with Gasteiger partial charge in [0.05, 0.1) is 0 Å². The molecule has 0 heterocycles. The van der Waals surface area contributed by atoms with E-state index in [2.05, 4.69) is 6.92 Å². The molecule has 2 aromatic carbocycles. The molecule has 0 aliphatic rings. The molecule has 0 spiro atoms. The van der Waals surface area contributed by atoms with Crippen molar-refractivity contribution in [3.63, 3.8) is 0 Å². The highest BCUT2D eigenvalue weighted by Crippen LogP contribution is 2.27. The summed E-state index contributed by atoms with van der Waals surface area (Å²) in [6, 6.07) is 7.26. The number of rotatable bonds is 9. The SMILES string of the molecule is CCCCCCCc1ccc(COC(=O)Nc2c(F)c(F)c(F)c(F)c2F)cc1. The maximum atomic E-state index is 13.5. The molecule has 0 saturated heterocycles. The molecule has 0 aliphatic heterocycles. The predicted molar refractivity (Wildman–Crippen MR) is 98.9 cm³/mol. The van der Waals surface area contributed by atoms with Gasteiger partial charge in [0.1, 0.15) is 12.3 Å². The number of unbranched alkanes of at least 4 members (excludes halogenated alkanes) is 4. The third-order valence-corrected chi connectivity index (χ3v) is 4.40. The Morgan fingerprint density at radius 2 is 1.31 bits per heavy atom. The van der Waals surface area contributed by atoms with Crippen LogP contribution in [-0.4, -0.2) is 6.09 Å². The highest BCUT2D eigenvalue weighted by molar-refractivity contribution is 5.85. The monoisotopic (exact) mass is 415 g/mol. The maximum Gasteiger partial charge on any atom is 0.412 e. The molecule has 0 fully saturated rings. The van der Waals surface area contributed by atoms with E-state index in [1.165, 1.54) is 19.3 Å². The number of benzene rings is 2. The average Bonchev–Trinajstić information content (AvgIpc) is 2.73. The van der Waals surface area contributed by atoms with Gasteiger partial charge in [0.15, 0.2) is 23.3 Å². The van der Waals surface area contributed by atoms with Gasteiger partial charge in [-0.3, -0.25) is 5.32 Å². The molecule has 29 heavy (non-hydrogen) atoms. The van der Waals surface area contributed by atoms with Crippen LogP contribution in [-0.2, 0) is 17.8 Å². The average molecular weight is 415 g/mol. The first-order valence-corrected chi connectivity index (χ1v) is 9.38. The number of amides is 1. The van der Waals surface area contributed by atoms with Crippen molar-refractivity contribution in [3.05, 3.63) is 64.5 Å². The molecule has 0 bridgehead atoms. The second kappa shape index (κ2) is 10.8. The van der Waals surface area contributed by atoms with Crippen LogP contribution in [0.4, 0.5) is 32.4 Å². The van der Waals surface area contributed by atoms with E-state index in [1.807, 2.05) is 12.1 Å². The van der Waals surface area contributed by atoms with Crippen molar-refractivity contribution in [2.45, 2.75) is 52.1 Å². The second-order valence-electron chi connectivity index (χ2n) is 6.63. The highest BCUT2D eigenvalue weighted by Gasteiger charge is 2.27. The molecule has 0 aromatic heterocycles. The highest BCUT2D eigenvalue weighted by atomic mass is 19.2. The summed E-state index contributed by atoms with van der Waals surface area (Å²) >= 11 is 0. The minimum absolute atomic E-state index is 0.224. The molecule has 0 atom stereocenters. The van der Waals surface area contributed by atoms with Crippen LogP contribution < -0.4 is 5.32 Å². The minimum Gasteiger partial charge on any atom is -0.444 e. The molecule has 8 heteroatoms. The molecule has 3 nitrogen and oxygen atoms in total. The summed E-state index contributed by atoms with van der Waals surface area (Å²) in [7, 11) is 0. The van der Waals surface area contributed by atoms with Gasteiger partial charge in [-0.05, 0) is 24.0 Å². The molecular formula is C21H22F5NO2. The normalized spacial score (nSPS) is 10.8. The van der Waals surface area contributed by atoms with Crippen LogP contribution in [0.1, 0.15) is 50.2 Å². The van der Waals surface area contributed by atoms with Gasteiger partial charge >= 0.3 is 6.09 Å². The number of aryl methyl sites for hydroxylation is 1. The lowest BCUT2D eigenvalue weighted by atomic mass is 10.0. The molecule has 0 aliphatic carbocycles. The lowest BCUT2D eigenvalue weighted by molar-refractivity contribution is 0.154. The zero-order valence-electron chi connectivity index (χ0n) is 16.0. The molecule has 1 amide bonds. The Hall–Kier alpha value is -2.64. The van der Waals surface area contributed by atoms with Crippen LogP contribution in [0, 0.1) is 29.1 Å². The molecule has 1 N–H and O–H groups in total. The van der Waals surface area contributed by atoms with Crippen LogP contribution in [0.25, 0.3) is 0 Å². The van der Waals surface area contributed by atoms with Crippen LogP contribution in [0.2, 0.25) is 0 Å². The van der Waals surface area contributed by atoms with Crippen molar-refractivity contribution in [2.75, 3.05) is 5.32 Å². The van der Waals surface area contributed by atoms with E-state index >= 15 is 0 Å². The van der Waals surface area contributed by atoms with Gasteiger partial charge in [0, 0.05) is 0 Å². The molecule has 0 saturated carbocycles. The first-order chi connectivity index (χ1) is 13.8. The molecule has 158 valence electrons. The van der Waals surface area contributed by atoms with Crippen molar-refractivity contribution in [1.82, 2.24) is 0 Å². The second-order valence-corrected chi connectivity index (χ2v) is 6.63. The number of hydrogen-bond donors (Lipinski definition) is 1. The van der Waals surface area contributed by atoms with Crippen LogP contribution in [0.3, 0.4) is 0 Å². The lowest BCUT2D eigenvalue weighted by Crippen LogP contribution is -2.18.